The molecule has 1 saturated carbocycles. The van der Waals surface area contributed by atoms with Crippen molar-refractivity contribution in [1.82, 2.24) is 5.32 Å². The fourth-order valence-corrected chi connectivity index (χ4v) is 2.78. The van der Waals surface area contributed by atoms with Gasteiger partial charge < -0.3 is 15.0 Å². The van der Waals surface area contributed by atoms with Gasteiger partial charge in [-0.3, -0.25) is 0 Å². The normalized spacial score (nSPS) is 22.8. The first-order valence-corrected chi connectivity index (χ1v) is 7.96. The first kappa shape index (κ1) is 13.9. The van der Waals surface area contributed by atoms with Crippen molar-refractivity contribution >= 4 is 5.69 Å². The second-order valence-corrected chi connectivity index (χ2v) is 6.19. The molecule has 110 valence electrons. The maximum atomic E-state index is 5.81. The van der Waals surface area contributed by atoms with E-state index >= 15 is 0 Å². The Morgan fingerprint density at radius 2 is 1.95 bits per heavy atom. The number of nitrogens with one attached hydrogen (secondary N) is 1. The summed E-state index contributed by atoms with van der Waals surface area (Å²) >= 11 is 0. The Labute approximate surface area is 122 Å². The quantitative estimate of drug-likeness (QED) is 0.863. The Hall–Kier alpha value is -1.06. The lowest BCUT2D eigenvalue weighted by molar-refractivity contribution is 0.0216. The van der Waals surface area contributed by atoms with Gasteiger partial charge in [0.25, 0.3) is 0 Å². The fourth-order valence-electron chi connectivity index (χ4n) is 2.78. The van der Waals surface area contributed by atoms with Crippen LogP contribution in [0.15, 0.2) is 24.3 Å². The van der Waals surface area contributed by atoms with Crippen molar-refractivity contribution < 1.29 is 4.74 Å². The van der Waals surface area contributed by atoms with Gasteiger partial charge in [0.2, 0.25) is 0 Å². The number of ether oxygens (including phenoxy) is 1. The summed E-state index contributed by atoms with van der Waals surface area (Å²) in [6, 6.07) is 9.71. The molecule has 3 rings (SSSR count). The first-order chi connectivity index (χ1) is 9.81. The van der Waals surface area contributed by atoms with E-state index in [0.29, 0.717) is 6.10 Å². The summed E-state index contributed by atoms with van der Waals surface area (Å²) in [6.07, 6.45) is 6.84. The highest BCUT2D eigenvalue weighted by atomic mass is 16.5. The van der Waals surface area contributed by atoms with Crippen LogP contribution in [0.3, 0.4) is 0 Å². The Bertz CT molecular complexity index is 408. The van der Waals surface area contributed by atoms with E-state index in [1.807, 2.05) is 0 Å². The SMILES string of the molecule is CN(CC1CCCCO1)c1ccc(CNC2CC2)cc1. The lowest BCUT2D eigenvalue weighted by Gasteiger charge is -2.28. The molecule has 0 spiro atoms. The number of benzene rings is 1. The molecule has 0 amide bonds. The van der Waals surface area contributed by atoms with Crippen molar-refractivity contribution in [2.24, 2.45) is 0 Å². The van der Waals surface area contributed by atoms with Gasteiger partial charge in [-0.15, -0.1) is 0 Å². The van der Waals surface area contributed by atoms with Gasteiger partial charge in [0.15, 0.2) is 0 Å². The topological polar surface area (TPSA) is 24.5 Å². The monoisotopic (exact) mass is 274 g/mol. The molecule has 1 heterocycles. The lowest BCUT2D eigenvalue weighted by Crippen LogP contribution is -2.33. The molecule has 1 saturated heterocycles. The van der Waals surface area contributed by atoms with Crippen molar-refractivity contribution in [2.45, 2.75) is 50.8 Å². The van der Waals surface area contributed by atoms with Gasteiger partial charge in [0, 0.05) is 38.5 Å². The third kappa shape index (κ3) is 3.97. The van der Waals surface area contributed by atoms with Crippen LogP contribution in [-0.4, -0.2) is 32.3 Å². The first-order valence-electron chi connectivity index (χ1n) is 7.96. The highest BCUT2D eigenvalue weighted by molar-refractivity contribution is 5.47. The molecule has 0 radical (unpaired) electrons. The van der Waals surface area contributed by atoms with E-state index in [2.05, 4.69) is 41.5 Å². The van der Waals surface area contributed by atoms with Crippen molar-refractivity contribution in [2.75, 3.05) is 25.1 Å². The second-order valence-electron chi connectivity index (χ2n) is 6.19. The lowest BCUT2D eigenvalue weighted by atomic mass is 10.1. The summed E-state index contributed by atoms with van der Waals surface area (Å²) in [5.41, 5.74) is 2.66. The summed E-state index contributed by atoms with van der Waals surface area (Å²) in [6.45, 7) is 2.93. The maximum Gasteiger partial charge on any atom is 0.0749 e. The molecule has 3 nitrogen and oxygen atoms in total. The van der Waals surface area contributed by atoms with Crippen LogP contribution in [-0.2, 0) is 11.3 Å². The van der Waals surface area contributed by atoms with E-state index in [4.69, 9.17) is 4.74 Å². The third-order valence-corrected chi connectivity index (χ3v) is 4.30. The van der Waals surface area contributed by atoms with Gasteiger partial charge >= 0.3 is 0 Å². The van der Waals surface area contributed by atoms with Crippen LogP contribution in [0.25, 0.3) is 0 Å². The molecule has 1 aromatic carbocycles. The molecule has 0 bridgehead atoms. The number of nitrogens with zero attached hydrogens (tertiary/aromatic N) is 1. The molecule has 2 aliphatic rings. The van der Waals surface area contributed by atoms with E-state index in [-0.39, 0.29) is 0 Å². The van der Waals surface area contributed by atoms with Crippen LogP contribution < -0.4 is 10.2 Å². The Morgan fingerprint density at radius 3 is 2.60 bits per heavy atom. The number of likely N-dealkylation sites (N-methyl/N-ethyl adjacent to an activating group) is 1. The molecule has 2 fully saturated rings. The average Bonchev–Trinajstić information content (AvgIpc) is 3.31. The van der Waals surface area contributed by atoms with Gasteiger partial charge in [-0.1, -0.05) is 12.1 Å². The Morgan fingerprint density at radius 1 is 1.15 bits per heavy atom. The van der Waals surface area contributed by atoms with Crippen LogP contribution in [0.1, 0.15) is 37.7 Å². The molecular formula is C17H26N2O. The van der Waals surface area contributed by atoms with Crippen molar-refractivity contribution in [3.63, 3.8) is 0 Å². The minimum absolute atomic E-state index is 0.407. The third-order valence-electron chi connectivity index (χ3n) is 4.30. The average molecular weight is 274 g/mol. The minimum atomic E-state index is 0.407. The molecule has 1 aliphatic carbocycles. The van der Waals surface area contributed by atoms with E-state index in [0.717, 1.165) is 25.7 Å². The van der Waals surface area contributed by atoms with Crippen LogP contribution in [0, 0.1) is 0 Å². The van der Waals surface area contributed by atoms with Gasteiger partial charge in [-0.05, 0) is 49.8 Å². The van der Waals surface area contributed by atoms with E-state index in [1.54, 1.807) is 0 Å². The standard InChI is InChI=1S/C17H26N2O/c1-19(13-17-4-2-3-11-20-17)16-9-5-14(6-10-16)12-18-15-7-8-15/h5-6,9-10,15,17-18H,2-4,7-8,11-13H2,1H3. The van der Waals surface area contributed by atoms with E-state index in [9.17, 15) is 0 Å². The van der Waals surface area contributed by atoms with Crippen LogP contribution in [0.2, 0.25) is 0 Å². The zero-order valence-electron chi connectivity index (χ0n) is 12.5. The van der Waals surface area contributed by atoms with Crippen LogP contribution >= 0.6 is 0 Å². The van der Waals surface area contributed by atoms with Gasteiger partial charge in [-0.25, -0.2) is 0 Å². The van der Waals surface area contributed by atoms with Crippen molar-refractivity contribution in [1.29, 1.82) is 0 Å². The van der Waals surface area contributed by atoms with Crippen LogP contribution in [0.4, 0.5) is 5.69 Å². The highest BCUT2D eigenvalue weighted by Gasteiger charge is 2.20. The molecule has 3 heteroatoms. The van der Waals surface area contributed by atoms with Crippen molar-refractivity contribution in [3.05, 3.63) is 29.8 Å². The Kier molecular flexibility index (Phi) is 4.58. The highest BCUT2D eigenvalue weighted by Crippen LogP contribution is 2.21. The molecule has 1 N–H and O–H groups in total. The summed E-state index contributed by atoms with van der Waals surface area (Å²) in [4.78, 5) is 2.31. The molecule has 1 unspecified atom stereocenters. The zero-order chi connectivity index (χ0) is 13.8. The van der Waals surface area contributed by atoms with Gasteiger partial charge in [-0.2, -0.15) is 0 Å². The van der Waals surface area contributed by atoms with Gasteiger partial charge in [0.05, 0.1) is 6.10 Å². The second kappa shape index (κ2) is 6.59. The van der Waals surface area contributed by atoms with Crippen LogP contribution in [0.5, 0.6) is 0 Å². The molecule has 1 atom stereocenters. The minimum Gasteiger partial charge on any atom is -0.376 e. The molecular weight excluding hydrogens is 248 g/mol. The number of rotatable bonds is 6. The number of anilines is 1. The molecule has 1 aliphatic heterocycles. The number of hydrogen-bond acceptors (Lipinski definition) is 3. The summed E-state index contributed by atoms with van der Waals surface area (Å²) in [5.74, 6) is 0. The van der Waals surface area contributed by atoms with Crippen molar-refractivity contribution in [3.8, 4) is 0 Å². The molecule has 0 aromatic heterocycles. The molecule has 1 aromatic rings. The zero-order valence-corrected chi connectivity index (χ0v) is 12.5. The largest absolute Gasteiger partial charge is 0.376 e. The maximum absolute atomic E-state index is 5.81. The summed E-state index contributed by atoms with van der Waals surface area (Å²) < 4.78 is 5.81. The Balaban J connectivity index is 1.49. The summed E-state index contributed by atoms with van der Waals surface area (Å²) in [5, 5.41) is 3.55. The van der Waals surface area contributed by atoms with E-state index in [1.165, 1.54) is 43.4 Å². The smallest absolute Gasteiger partial charge is 0.0749 e. The summed E-state index contributed by atoms with van der Waals surface area (Å²) in [7, 11) is 2.16. The van der Waals surface area contributed by atoms with E-state index < -0.39 is 0 Å². The predicted octanol–water partition coefficient (Wildman–Crippen LogP) is 2.94. The van der Waals surface area contributed by atoms with Gasteiger partial charge in [0.1, 0.15) is 0 Å². The fraction of sp³-hybridized carbons (Fsp3) is 0.647. The molecule has 20 heavy (non-hydrogen) atoms. The predicted molar refractivity (Wildman–Crippen MR) is 83.2 cm³/mol. The number of hydrogen-bond donors (Lipinski definition) is 1.